The molecule has 2 atom stereocenters. The molecule has 0 heterocycles. The summed E-state index contributed by atoms with van der Waals surface area (Å²) in [4.78, 5) is 11.5. The predicted octanol–water partition coefficient (Wildman–Crippen LogP) is 0.0134. The average molecular weight is 216 g/mol. The van der Waals surface area contributed by atoms with Gasteiger partial charge in [0.1, 0.15) is 0 Å². The number of hydrogen-bond donors (Lipinski definition) is 2. The van der Waals surface area contributed by atoms with E-state index in [1.807, 2.05) is 0 Å². The second-order valence-corrected chi connectivity index (χ2v) is 3.27. The zero-order valence-corrected chi connectivity index (χ0v) is 9.53. The molecular weight excluding hydrogens is 196 g/mol. The summed E-state index contributed by atoms with van der Waals surface area (Å²) in [7, 11) is 3.03. The lowest BCUT2D eigenvalue weighted by Crippen LogP contribution is -2.49. The molecule has 0 aromatic carbocycles. The summed E-state index contributed by atoms with van der Waals surface area (Å²) in [5.41, 5.74) is 5.59. The molecule has 3 N–H and O–H groups in total. The maximum absolute atomic E-state index is 11.5. The van der Waals surface area contributed by atoms with Gasteiger partial charge in [-0.1, -0.05) is 6.08 Å². The van der Waals surface area contributed by atoms with E-state index in [0.717, 1.165) is 0 Å². The van der Waals surface area contributed by atoms with Crippen molar-refractivity contribution in [2.45, 2.75) is 31.7 Å². The van der Waals surface area contributed by atoms with Crippen molar-refractivity contribution < 1.29 is 14.3 Å². The van der Waals surface area contributed by atoms with E-state index in [1.54, 1.807) is 13.0 Å². The van der Waals surface area contributed by atoms with E-state index in [-0.39, 0.29) is 11.9 Å². The van der Waals surface area contributed by atoms with E-state index in [0.29, 0.717) is 6.42 Å². The Hall–Kier alpha value is -0.910. The Morgan fingerprint density at radius 2 is 2.07 bits per heavy atom. The molecule has 2 unspecified atom stereocenters. The minimum Gasteiger partial charge on any atom is -0.354 e. The van der Waals surface area contributed by atoms with Crippen molar-refractivity contribution in [3.8, 4) is 0 Å². The van der Waals surface area contributed by atoms with Crippen LogP contribution < -0.4 is 11.1 Å². The van der Waals surface area contributed by atoms with E-state index in [4.69, 9.17) is 15.2 Å². The lowest BCUT2D eigenvalue weighted by molar-refractivity contribution is -0.136. The number of carbonyl (C=O) groups excluding carboxylic acids is 1. The minimum atomic E-state index is -0.570. The molecule has 0 saturated heterocycles. The Bertz CT molecular complexity index is 205. The predicted molar refractivity (Wildman–Crippen MR) is 58.2 cm³/mol. The highest BCUT2D eigenvalue weighted by atomic mass is 16.7. The number of methoxy groups -OCH3 is 2. The Labute approximate surface area is 90.6 Å². The SMILES string of the molecule is C=CCC(N)C(=O)NC(C)C(OC)OC. The Morgan fingerprint density at radius 3 is 2.47 bits per heavy atom. The molecule has 0 rings (SSSR count). The van der Waals surface area contributed by atoms with Crippen molar-refractivity contribution in [2.24, 2.45) is 5.73 Å². The van der Waals surface area contributed by atoms with E-state index >= 15 is 0 Å². The van der Waals surface area contributed by atoms with E-state index in [1.165, 1.54) is 14.2 Å². The van der Waals surface area contributed by atoms with Gasteiger partial charge in [-0.3, -0.25) is 4.79 Å². The quantitative estimate of drug-likeness (QED) is 0.464. The summed E-state index contributed by atoms with van der Waals surface area (Å²) in [5, 5.41) is 2.70. The van der Waals surface area contributed by atoms with Crippen molar-refractivity contribution in [3.05, 3.63) is 12.7 Å². The van der Waals surface area contributed by atoms with Gasteiger partial charge in [-0.2, -0.15) is 0 Å². The standard InChI is InChI=1S/C10H20N2O3/c1-5-6-8(11)9(13)12-7(2)10(14-3)15-4/h5,7-8,10H,1,6,11H2,2-4H3,(H,12,13). The monoisotopic (exact) mass is 216 g/mol. The van der Waals surface area contributed by atoms with Gasteiger partial charge in [0.2, 0.25) is 5.91 Å². The maximum Gasteiger partial charge on any atom is 0.237 e. The third kappa shape index (κ3) is 4.92. The van der Waals surface area contributed by atoms with Crippen LogP contribution in [0.3, 0.4) is 0 Å². The van der Waals surface area contributed by atoms with Crippen molar-refractivity contribution in [1.82, 2.24) is 5.32 Å². The van der Waals surface area contributed by atoms with Crippen LogP contribution >= 0.6 is 0 Å². The number of hydrogen-bond acceptors (Lipinski definition) is 4. The number of nitrogens with one attached hydrogen (secondary N) is 1. The minimum absolute atomic E-state index is 0.235. The Morgan fingerprint density at radius 1 is 1.53 bits per heavy atom. The third-order valence-corrected chi connectivity index (χ3v) is 2.00. The van der Waals surface area contributed by atoms with Gasteiger partial charge in [0.25, 0.3) is 0 Å². The molecule has 0 spiro atoms. The lowest BCUT2D eigenvalue weighted by atomic mass is 10.2. The van der Waals surface area contributed by atoms with Gasteiger partial charge in [0.05, 0.1) is 12.1 Å². The van der Waals surface area contributed by atoms with E-state index in [9.17, 15) is 4.79 Å². The highest BCUT2D eigenvalue weighted by Gasteiger charge is 2.20. The second kappa shape index (κ2) is 7.39. The Balaban J connectivity index is 4.09. The molecule has 0 radical (unpaired) electrons. The summed E-state index contributed by atoms with van der Waals surface area (Å²) >= 11 is 0. The van der Waals surface area contributed by atoms with Crippen LogP contribution in [0.1, 0.15) is 13.3 Å². The van der Waals surface area contributed by atoms with Gasteiger partial charge in [-0.25, -0.2) is 0 Å². The van der Waals surface area contributed by atoms with Crippen molar-refractivity contribution >= 4 is 5.91 Å². The molecule has 0 aliphatic carbocycles. The molecule has 5 nitrogen and oxygen atoms in total. The van der Waals surface area contributed by atoms with Crippen LogP contribution in [0.25, 0.3) is 0 Å². The highest BCUT2D eigenvalue weighted by Crippen LogP contribution is 1.99. The number of carbonyl (C=O) groups is 1. The van der Waals surface area contributed by atoms with Crippen molar-refractivity contribution in [2.75, 3.05) is 14.2 Å². The second-order valence-electron chi connectivity index (χ2n) is 3.27. The average Bonchev–Trinajstić information content (AvgIpc) is 2.19. The number of nitrogens with two attached hydrogens (primary N) is 1. The van der Waals surface area contributed by atoms with Gasteiger partial charge in [0, 0.05) is 14.2 Å². The van der Waals surface area contributed by atoms with Crippen LogP contribution in [0.4, 0.5) is 0 Å². The summed E-state index contributed by atoms with van der Waals surface area (Å²) in [6.07, 6.45) is 1.59. The fourth-order valence-electron chi connectivity index (χ4n) is 1.19. The molecule has 5 heteroatoms. The Kier molecular flexibility index (Phi) is 6.94. The van der Waals surface area contributed by atoms with Crippen molar-refractivity contribution in [3.63, 3.8) is 0 Å². The zero-order valence-electron chi connectivity index (χ0n) is 9.53. The van der Waals surface area contributed by atoms with E-state index < -0.39 is 12.3 Å². The summed E-state index contributed by atoms with van der Waals surface area (Å²) < 4.78 is 10.0. The summed E-state index contributed by atoms with van der Waals surface area (Å²) in [6, 6.07) is -0.817. The van der Waals surface area contributed by atoms with Crippen LogP contribution in [0.5, 0.6) is 0 Å². The zero-order chi connectivity index (χ0) is 11.8. The number of ether oxygens (including phenoxy) is 2. The number of amides is 1. The first kappa shape index (κ1) is 14.1. The number of rotatable bonds is 7. The third-order valence-electron chi connectivity index (χ3n) is 2.00. The molecule has 0 aliphatic rings. The molecule has 1 amide bonds. The first-order chi connectivity index (χ1) is 7.06. The van der Waals surface area contributed by atoms with Gasteiger partial charge in [-0.05, 0) is 13.3 Å². The van der Waals surface area contributed by atoms with Crippen molar-refractivity contribution in [1.29, 1.82) is 0 Å². The van der Waals surface area contributed by atoms with Crippen LogP contribution in [0.15, 0.2) is 12.7 Å². The summed E-state index contributed by atoms with van der Waals surface area (Å²) in [6.45, 7) is 5.31. The van der Waals surface area contributed by atoms with Crippen LogP contribution in [-0.4, -0.2) is 38.5 Å². The lowest BCUT2D eigenvalue weighted by Gasteiger charge is -2.23. The first-order valence-electron chi connectivity index (χ1n) is 4.79. The molecule has 88 valence electrons. The van der Waals surface area contributed by atoms with Gasteiger partial charge in [0.15, 0.2) is 6.29 Å². The molecule has 0 aliphatic heterocycles. The highest BCUT2D eigenvalue weighted by molar-refractivity contribution is 5.81. The molecule has 0 bridgehead atoms. The van der Waals surface area contributed by atoms with E-state index in [2.05, 4.69) is 11.9 Å². The molecule has 0 aromatic heterocycles. The fraction of sp³-hybridized carbons (Fsp3) is 0.700. The molecule has 0 saturated carbocycles. The topological polar surface area (TPSA) is 73.6 Å². The molecule has 15 heavy (non-hydrogen) atoms. The van der Waals surface area contributed by atoms with Gasteiger partial charge >= 0.3 is 0 Å². The van der Waals surface area contributed by atoms with Crippen LogP contribution in [0, 0.1) is 0 Å². The summed E-state index contributed by atoms with van der Waals surface area (Å²) in [5.74, 6) is -0.235. The van der Waals surface area contributed by atoms with Gasteiger partial charge < -0.3 is 20.5 Å². The first-order valence-corrected chi connectivity index (χ1v) is 4.79. The normalized spacial score (nSPS) is 14.7. The van der Waals surface area contributed by atoms with Crippen LogP contribution in [0.2, 0.25) is 0 Å². The molecule has 0 fully saturated rings. The maximum atomic E-state index is 11.5. The smallest absolute Gasteiger partial charge is 0.237 e. The molecular formula is C10H20N2O3. The molecule has 0 aromatic rings. The van der Waals surface area contributed by atoms with Crippen LogP contribution in [-0.2, 0) is 14.3 Å². The van der Waals surface area contributed by atoms with Gasteiger partial charge in [-0.15, -0.1) is 6.58 Å². The largest absolute Gasteiger partial charge is 0.354 e. The fourth-order valence-corrected chi connectivity index (χ4v) is 1.19.